The average Bonchev–Trinajstić information content (AvgIpc) is 3.71. The van der Waals surface area contributed by atoms with Crippen molar-refractivity contribution in [2.24, 2.45) is 0 Å². The number of nitrogens with zero attached hydrogens (tertiary/aromatic N) is 2. The second kappa shape index (κ2) is 13.2. The molecule has 3 heteroatoms. The van der Waals surface area contributed by atoms with Crippen LogP contribution in [0, 0.1) is 0 Å². The maximum atomic E-state index is 6.36. The van der Waals surface area contributed by atoms with Crippen LogP contribution in [0.15, 0.2) is 211 Å². The number of hydrogen-bond acceptors (Lipinski definition) is 3. The fourth-order valence-corrected chi connectivity index (χ4v) is 9.64. The van der Waals surface area contributed by atoms with Crippen molar-refractivity contribution in [3.63, 3.8) is 0 Å². The highest BCUT2D eigenvalue weighted by Crippen LogP contribution is 2.39. The van der Waals surface area contributed by atoms with Crippen molar-refractivity contribution in [1.82, 2.24) is 9.97 Å². The van der Waals surface area contributed by atoms with Gasteiger partial charge in [0.1, 0.15) is 11.2 Å². The van der Waals surface area contributed by atoms with Crippen LogP contribution in [0.25, 0.3) is 132 Å². The van der Waals surface area contributed by atoms with Crippen molar-refractivity contribution in [2.45, 2.75) is 0 Å². The van der Waals surface area contributed by atoms with E-state index in [0.717, 1.165) is 77.7 Å². The van der Waals surface area contributed by atoms with E-state index in [1.165, 1.54) is 53.9 Å². The smallest absolute Gasteiger partial charge is 0.135 e. The summed E-state index contributed by atoms with van der Waals surface area (Å²) in [6.07, 6.45) is 0. The second-order valence-corrected chi connectivity index (χ2v) is 16.0. The zero-order chi connectivity index (χ0) is 40.0. The standard InChI is InChI=1S/C58H34N2O/c1-3-13-45-41(9-1)43-11-5-7-15-47(43)57-49(45)27-29-53(59-57)37-21-17-35(18-22-37)39-25-31-55-51(33-39)52-34-40(26-32-56(52)61-55)36-19-23-38(24-20-36)54-30-28-50-46-14-4-2-10-42(46)44-12-6-8-16-48(44)58(50)60-54/h1-34H. The summed E-state index contributed by atoms with van der Waals surface area (Å²) in [6, 6.07) is 73.7. The van der Waals surface area contributed by atoms with Gasteiger partial charge in [0.2, 0.25) is 0 Å². The third kappa shape index (κ3) is 5.31. The molecular weight excluding hydrogens is 741 g/mol. The highest BCUT2D eigenvalue weighted by molar-refractivity contribution is 6.25. The molecule has 3 heterocycles. The summed E-state index contributed by atoms with van der Waals surface area (Å²) in [5, 5.41) is 14.4. The van der Waals surface area contributed by atoms with Crippen molar-refractivity contribution in [3.8, 4) is 44.8 Å². The highest BCUT2D eigenvalue weighted by Gasteiger charge is 2.15. The van der Waals surface area contributed by atoms with Gasteiger partial charge in [-0.1, -0.05) is 158 Å². The summed E-state index contributed by atoms with van der Waals surface area (Å²) in [6.45, 7) is 0. The molecule has 0 aliphatic rings. The Hall–Kier alpha value is -8.14. The summed E-state index contributed by atoms with van der Waals surface area (Å²) >= 11 is 0. The molecule has 3 aromatic heterocycles. The summed E-state index contributed by atoms with van der Waals surface area (Å²) in [4.78, 5) is 10.5. The lowest BCUT2D eigenvalue weighted by Gasteiger charge is -2.11. The fraction of sp³-hybridized carbons (Fsp3) is 0. The molecule has 0 unspecified atom stereocenters. The lowest BCUT2D eigenvalue weighted by Crippen LogP contribution is -1.89. The molecular formula is C58H34N2O. The predicted molar refractivity (Wildman–Crippen MR) is 256 cm³/mol. The number of pyridine rings is 2. The average molecular weight is 775 g/mol. The molecule has 0 saturated carbocycles. The maximum absolute atomic E-state index is 6.36. The lowest BCUT2D eigenvalue weighted by atomic mass is 9.96. The van der Waals surface area contributed by atoms with Crippen LogP contribution in [0.3, 0.4) is 0 Å². The van der Waals surface area contributed by atoms with Gasteiger partial charge in [0.05, 0.1) is 22.4 Å². The van der Waals surface area contributed by atoms with Crippen LogP contribution < -0.4 is 0 Å². The molecule has 61 heavy (non-hydrogen) atoms. The molecule has 3 nitrogen and oxygen atoms in total. The number of benzene rings is 10. The van der Waals surface area contributed by atoms with E-state index in [2.05, 4.69) is 206 Å². The van der Waals surface area contributed by atoms with Crippen LogP contribution >= 0.6 is 0 Å². The van der Waals surface area contributed by atoms with Crippen molar-refractivity contribution in [1.29, 1.82) is 0 Å². The van der Waals surface area contributed by atoms with Gasteiger partial charge < -0.3 is 4.42 Å². The topological polar surface area (TPSA) is 38.9 Å². The summed E-state index contributed by atoms with van der Waals surface area (Å²) in [7, 11) is 0. The monoisotopic (exact) mass is 774 g/mol. The summed E-state index contributed by atoms with van der Waals surface area (Å²) in [5.74, 6) is 0. The van der Waals surface area contributed by atoms with E-state index >= 15 is 0 Å². The minimum absolute atomic E-state index is 0.880. The van der Waals surface area contributed by atoms with Gasteiger partial charge in [-0.25, -0.2) is 9.97 Å². The van der Waals surface area contributed by atoms with Gasteiger partial charge in [-0.3, -0.25) is 0 Å². The van der Waals surface area contributed by atoms with Crippen LogP contribution in [-0.4, -0.2) is 9.97 Å². The molecule has 0 atom stereocenters. The van der Waals surface area contributed by atoms with E-state index in [1.807, 2.05) is 0 Å². The van der Waals surface area contributed by atoms with Crippen LogP contribution in [0.4, 0.5) is 0 Å². The number of aromatic nitrogens is 2. The molecule has 0 aliphatic carbocycles. The van der Waals surface area contributed by atoms with Gasteiger partial charge in [-0.2, -0.15) is 0 Å². The number of hydrogen-bond donors (Lipinski definition) is 0. The van der Waals surface area contributed by atoms with Crippen LogP contribution in [-0.2, 0) is 0 Å². The minimum Gasteiger partial charge on any atom is -0.456 e. The highest BCUT2D eigenvalue weighted by atomic mass is 16.3. The Morgan fingerprint density at radius 2 is 0.525 bits per heavy atom. The molecule has 0 aliphatic heterocycles. The maximum Gasteiger partial charge on any atom is 0.135 e. The second-order valence-electron chi connectivity index (χ2n) is 16.0. The first-order valence-corrected chi connectivity index (χ1v) is 20.8. The number of fused-ring (bicyclic) bond motifs is 15. The van der Waals surface area contributed by atoms with Gasteiger partial charge in [-0.05, 0) is 103 Å². The van der Waals surface area contributed by atoms with Gasteiger partial charge in [0, 0.05) is 43.4 Å². The Balaban J connectivity index is 0.824. The molecule has 0 spiro atoms. The van der Waals surface area contributed by atoms with Gasteiger partial charge in [0.25, 0.3) is 0 Å². The molecule has 0 bridgehead atoms. The van der Waals surface area contributed by atoms with E-state index in [4.69, 9.17) is 14.4 Å². The molecule has 13 rings (SSSR count). The zero-order valence-electron chi connectivity index (χ0n) is 32.9. The van der Waals surface area contributed by atoms with E-state index in [-0.39, 0.29) is 0 Å². The van der Waals surface area contributed by atoms with Crippen molar-refractivity contribution >= 4 is 86.8 Å². The first kappa shape index (κ1) is 33.8. The molecule has 0 amide bonds. The van der Waals surface area contributed by atoms with Crippen LogP contribution in [0.2, 0.25) is 0 Å². The lowest BCUT2D eigenvalue weighted by molar-refractivity contribution is 0.669. The van der Waals surface area contributed by atoms with Crippen LogP contribution in [0.1, 0.15) is 0 Å². The molecule has 13 aromatic rings. The van der Waals surface area contributed by atoms with E-state index in [0.29, 0.717) is 0 Å². The van der Waals surface area contributed by atoms with Crippen molar-refractivity contribution in [2.75, 3.05) is 0 Å². The van der Waals surface area contributed by atoms with E-state index in [1.54, 1.807) is 0 Å². The SMILES string of the molecule is c1ccc2c(c1)c1ccccc1c1nc(-c3ccc(-c4ccc5oc6ccc(-c7ccc(-c8ccc9c%10ccccc%10c%10ccccc%10c9n8)cc7)cc6c5c4)cc3)ccc21. The normalized spacial score (nSPS) is 11.9. The van der Waals surface area contributed by atoms with Crippen LogP contribution in [0.5, 0.6) is 0 Å². The minimum atomic E-state index is 0.880. The first-order valence-electron chi connectivity index (χ1n) is 20.8. The Bertz CT molecular complexity index is 3590. The molecule has 0 fully saturated rings. The fourth-order valence-electron chi connectivity index (χ4n) is 9.64. The number of rotatable bonds is 4. The van der Waals surface area contributed by atoms with Gasteiger partial charge in [0.15, 0.2) is 0 Å². The Morgan fingerprint density at radius 1 is 0.230 bits per heavy atom. The quantitative estimate of drug-likeness (QED) is 0.167. The van der Waals surface area contributed by atoms with E-state index in [9.17, 15) is 0 Å². The molecule has 282 valence electrons. The van der Waals surface area contributed by atoms with E-state index < -0.39 is 0 Å². The van der Waals surface area contributed by atoms with Gasteiger partial charge in [-0.15, -0.1) is 0 Å². The third-order valence-corrected chi connectivity index (χ3v) is 12.7. The molecule has 0 radical (unpaired) electrons. The summed E-state index contributed by atoms with van der Waals surface area (Å²) < 4.78 is 6.36. The van der Waals surface area contributed by atoms with Gasteiger partial charge >= 0.3 is 0 Å². The van der Waals surface area contributed by atoms with Crippen molar-refractivity contribution < 1.29 is 4.42 Å². The number of furan rings is 1. The Labute approximate surface area is 350 Å². The summed E-state index contributed by atoms with van der Waals surface area (Å²) in [5.41, 5.74) is 12.5. The Kier molecular flexibility index (Phi) is 7.31. The molecule has 0 N–H and O–H groups in total. The zero-order valence-corrected chi connectivity index (χ0v) is 32.9. The molecule has 0 saturated heterocycles. The largest absolute Gasteiger partial charge is 0.456 e. The Morgan fingerprint density at radius 3 is 0.902 bits per heavy atom. The predicted octanol–water partition coefficient (Wildman–Crippen LogP) is 16.0. The van der Waals surface area contributed by atoms with Crippen molar-refractivity contribution in [3.05, 3.63) is 206 Å². The molecule has 10 aromatic carbocycles. The first-order chi connectivity index (χ1) is 30.2. The third-order valence-electron chi connectivity index (χ3n) is 12.7.